The van der Waals surface area contributed by atoms with E-state index in [-0.39, 0.29) is 39.8 Å². The van der Waals surface area contributed by atoms with Gasteiger partial charge in [0.15, 0.2) is 5.78 Å². The number of allylic oxidation sites excluding steroid dienone is 1. The van der Waals surface area contributed by atoms with Crippen molar-refractivity contribution < 1.29 is 19.8 Å². The van der Waals surface area contributed by atoms with Crippen molar-refractivity contribution in [1.29, 1.82) is 0 Å². The second kappa shape index (κ2) is 5.95. The molecule has 1 aliphatic rings. The Balaban J connectivity index is 1.89. The number of aliphatic hydroxyl groups excluding tert-OH is 1. The molecular weight excluding hydrogens is 344 g/mol. The van der Waals surface area contributed by atoms with Gasteiger partial charge in [0.1, 0.15) is 17.2 Å². The average Bonchev–Trinajstić information content (AvgIpc) is 2.90. The van der Waals surface area contributed by atoms with Crippen molar-refractivity contribution in [1.82, 2.24) is 9.88 Å². The van der Waals surface area contributed by atoms with Crippen LogP contribution in [0.2, 0.25) is 0 Å². The molecule has 2 aromatic carbocycles. The van der Waals surface area contributed by atoms with E-state index in [4.69, 9.17) is 0 Å². The summed E-state index contributed by atoms with van der Waals surface area (Å²) in [5.41, 5.74) is 1.44. The molecule has 0 radical (unpaired) electrons. The molecule has 0 saturated heterocycles. The fraction of sp³-hybridized carbons (Fsp3) is 0.0952. The minimum Gasteiger partial charge on any atom is -0.506 e. The van der Waals surface area contributed by atoms with Crippen molar-refractivity contribution in [2.45, 2.75) is 0 Å². The molecular formula is C21H16N2O4. The van der Waals surface area contributed by atoms with E-state index in [1.165, 1.54) is 23.1 Å². The monoisotopic (exact) mass is 360 g/mol. The molecule has 6 heteroatoms. The van der Waals surface area contributed by atoms with Crippen molar-refractivity contribution in [3.63, 3.8) is 0 Å². The first-order chi connectivity index (χ1) is 12.9. The molecule has 27 heavy (non-hydrogen) atoms. The molecule has 1 heterocycles. The second-order valence-electron chi connectivity index (χ2n) is 6.56. The molecule has 0 spiro atoms. The number of aromatic nitrogens is 1. The first-order valence-corrected chi connectivity index (χ1v) is 8.31. The number of rotatable bonds is 2. The van der Waals surface area contributed by atoms with E-state index in [0.717, 1.165) is 5.39 Å². The van der Waals surface area contributed by atoms with E-state index >= 15 is 0 Å². The number of para-hydroxylation sites is 1. The zero-order chi connectivity index (χ0) is 19.3. The first-order valence-electron chi connectivity index (χ1n) is 8.31. The highest BCUT2D eigenvalue weighted by atomic mass is 16.3. The maximum atomic E-state index is 12.8. The third-order valence-corrected chi connectivity index (χ3v) is 4.58. The smallest absolute Gasteiger partial charge is 0.253 e. The summed E-state index contributed by atoms with van der Waals surface area (Å²) in [4.78, 5) is 30.8. The summed E-state index contributed by atoms with van der Waals surface area (Å²) in [5, 5.41) is 21.8. The maximum absolute atomic E-state index is 12.8. The van der Waals surface area contributed by atoms with Crippen LogP contribution in [0.4, 0.5) is 0 Å². The Kier molecular flexibility index (Phi) is 3.70. The summed E-state index contributed by atoms with van der Waals surface area (Å²) in [6.07, 6.45) is 0. The summed E-state index contributed by atoms with van der Waals surface area (Å²) in [6, 6.07) is 13.2. The van der Waals surface area contributed by atoms with Crippen LogP contribution in [0.15, 0.2) is 48.5 Å². The minimum absolute atomic E-state index is 0.0212. The van der Waals surface area contributed by atoms with Crippen LogP contribution < -0.4 is 0 Å². The van der Waals surface area contributed by atoms with Crippen LogP contribution in [0.25, 0.3) is 22.2 Å². The lowest BCUT2D eigenvalue weighted by molar-refractivity contribution is 0.0827. The highest BCUT2D eigenvalue weighted by Crippen LogP contribution is 2.40. The Morgan fingerprint density at radius 2 is 1.74 bits per heavy atom. The van der Waals surface area contributed by atoms with Gasteiger partial charge < -0.3 is 15.1 Å². The molecule has 1 aliphatic carbocycles. The molecule has 3 aromatic rings. The van der Waals surface area contributed by atoms with Gasteiger partial charge in [0.25, 0.3) is 5.91 Å². The van der Waals surface area contributed by atoms with Crippen LogP contribution in [0, 0.1) is 0 Å². The van der Waals surface area contributed by atoms with Crippen molar-refractivity contribution in [3.8, 4) is 5.75 Å². The molecule has 1 amide bonds. The topological polar surface area (TPSA) is 90.7 Å². The maximum Gasteiger partial charge on any atom is 0.253 e. The lowest BCUT2D eigenvalue weighted by atomic mass is 10.0. The van der Waals surface area contributed by atoms with E-state index in [9.17, 15) is 19.8 Å². The molecule has 0 atom stereocenters. The van der Waals surface area contributed by atoms with Gasteiger partial charge >= 0.3 is 0 Å². The fourth-order valence-electron chi connectivity index (χ4n) is 3.21. The van der Waals surface area contributed by atoms with Crippen LogP contribution in [0.3, 0.4) is 0 Å². The van der Waals surface area contributed by atoms with Gasteiger partial charge in [-0.15, -0.1) is 0 Å². The number of pyridine rings is 1. The number of nitrogens with zero attached hydrogens (tertiary/aromatic N) is 2. The zero-order valence-corrected chi connectivity index (χ0v) is 14.7. The lowest BCUT2D eigenvalue weighted by Crippen LogP contribution is -2.21. The number of fused-ring (bicyclic) bond motifs is 2. The number of hydrogen-bond acceptors (Lipinski definition) is 5. The normalized spacial score (nSPS) is 13.2. The standard InChI is InChI=1S/C21H16N2O4/c1-23(2)21(27)12-7-8-13-14(9-12)20(26)17(19(13)25)18-16(24)10-11-5-3-4-6-15(11)22-18/h3-10,24,26H,1-2H3. The predicted molar refractivity (Wildman–Crippen MR) is 102 cm³/mol. The van der Waals surface area contributed by atoms with Gasteiger partial charge in [0, 0.05) is 36.2 Å². The highest BCUT2D eigenvalue weighted by molar-refractivity contribution is 6.39. The number of aromatic hydroxyl groups is 1. The molecule has 6 nitrogen and oxygen atoms in total. The van der Waals surface area contributed by atoms with Crippen molar-refractivity contribution >= 4 is 33.9 Å². The van der Waals surface area contributed by atoms with Gasteiger partial charge in [0.05, 0.1) is 11.1 Å². The first kappa shape index (κ1) is 16.8. The Morgan fingerprint density at radius 1 is 1.00 bits per heavy atom. The van der Waals surface area contributed by atoms with E-state index in [1.54, 1.807) is 38.4 Å². The van der Waals surface area contributed by atoms with Gasteiger partial charge in [-0.25, -0.2) is 4.98 Å². The van der Waals surface area contributed by atoms with E-state index in [0.29, 0.717) is 11.1 Å². The van der Waals surface area contributed by atoms with Crippen LogP contribution in [-0.4, -0.2) is 45.9 Å². The molecule has 1 aromatic heterocycles. The highest BCUT2D eigenvalue weighted by Gasteiger charge is 2.34. The number of amides is 1. The number of hydrogen-bond donors (Lipinski definition) is 2. The zero-order valence-electron chi connectivity index (χ0n) is 14.7. The lowest BCUT2D eigenvalue weighted by Gasteiger charge is -2.11. The summed E-state index contributed by atoms with van der Waals surface area (Å²) >= 11 is 0. The van der Waals surface area contributed by atoms with Crippen molar-refractivity contribution in [2.75, 3.05) is 14.1 Å². The summed E-state index contributed by atoms with van der Waals surface area (Å²) in [6.45, 7) is 0. The number of aliphatic hydroxyl groups is 1. The number of carbonyl (C=O) groups excluding carboxylic acids is 2. The third-order valence-electron chi connectivity index (χ3n) is 4.58. The SMILES string of the molecule is CN(C)C(=O)c1ccc2c(c1)C(O)=C(c1nc3ccccc3cc1O)C2=O. The average molecular weight is 360 g/mol. The largest absolute Gasteiger partial charge is 0.506 e. The Morgan fingerprint density at radius 3 is 2.48 bits per heavy atom. The Bertz CT molecular complexity index is 1160. The minimum atomic E-state index is -0.440. The number of Topliss-reactive ketones (excluding diaryl/α,β-unsaturated/α-hetero) is 1. The Labute approximate surface area is 155 Å². The van der Waals surface area contributed by atoms with Gasteiger partial charge in [-0.1, -0.05) is 18.2 Å². The van der Waals surface area contributed by atoms with Gasteiger partial charge in [-0.2, -0.15) is 0 Å². The summed E-state index contributed by atoms with van der Waals surface area (Å²) in [5.74, 6) is -1.16. The van der Waals surface area contributed by atoms with Crippen LogP contribution >= 0.6 is 0 Å². The number of benzene rings is 2. The number of carbonyl (C=O) groups is 2. The number of ketones is 1. The van der Waals surface area contributed by atoms with Crippen LogP contribution in [0.1, 0.15) is 32.0 Å². The molecule has 0 saturated carbocycles. The van der Waals surface area contributed by atoms with Crippen LogP contribution in [-0.2, 0) is 0 Å². The molecule has 0 fully saturated rings. The van der Waals surface area contributed by atoms with Gasteiger partial charge in [0.2, 0.25) is 0 Å². The summed E-state index contributed by atoms with van der Waals surface area (Å²) < 4.78 is 0. The molecule has 0 unspecified atom stereocenters. The van der Waals surface area contributed by atoms with Gasteiger partial charge in [-0.05, 0) is 30.3 Å². The summed E-state index contributed by atoms with van der Waals surface area (Å²) in [7, 11) is 3.25. The molecule has 2 N–H and O–H groups in total. The van der Waals surface area contributed by atoms with Crippen LogP contribution in [0.5, 0.6) is 5.75 Å². The molecule has 0 bridgehead atoms. The molecule has 4 rings (SSSR count). The van der Waals surface area contributed by atoms with E-state index in [1.807, 2.05) is 6.07 Å². The van der Waals surface area contributed by atoms with E-state index in [2.05, 4.69) is 4.98 Å². The van der Waals surface area contributed by atoms with Crippen molar-refractivity contribution in [2.24, 2.45) is 0 Å². The Hall–Kier alpha value is -3.67. The predicted octanol–water partition coefficient (Wildman–Crippen LogP) is 3.26. The second-order valence-corrected chi connectivity index (χ2v) is 6.56. The third kappa shape index (κ3) is 2.54. The quantitative estimate of drug-likeness (QED) is 0.732. The molecule has 134 valence electrons. The van der Waals surface area contributed by atoms with E-state index < -0.39 is 5.78 Å². The molecule has 0 aliphatic heterocycles. The van der Waals surface area contributed by atoms with Crippen molar-refractivity contribution in [3.05, 3.63) is 70.9 Å². The fourth-order valence-corrected chi connectivity index (χ4v) is 3.21. The van der Waals surface area contributed by atoms with Gasteiger partial charge in [-0.3, -0.25) is 9.59 Å².